The van der Waals surface area contributed by atoms with Crippen LogP contribution in [0.3, 0.4) is 0 Å². The zero-order valence-electron chi connectivity index (χ0n) is 18.0. The van der Waals surface area contributed by atoms with Crippen LogP contribution in [-0.2, 0) is 6.67 Å². The number of aromatic amines is 1. The maximum absolute atomic E-state index is 13.0. The summed E-state index contributed by atoms with van der Waals surface area (Å²) in [7, 11) is 1.48. The monoisotopic (exact) mass is 474 g/mol. The van der Waals surface area contributed by atoms with Crippen LogP contribution in [0.15, 0.2) is 67.0 Å². The number of amides is 2. The highest BCUT2D eigenvalue weighted by atomic mass is 32.1. The van der Waals surface area contributed by atoms with E-state index < -0.39 is 12.6 Å². The summed E-state index contributed by atoms with van der Waals surface area (Å²) in [6.45, 7) is -0.623. The Labute approximate surface area is 197 Å². The number of carbonyl (C=O) groups excluding carboxylic acids is 2. The van der Waals surface area contributed by atoms with Crippen LogP contribution in [0.1, 0.15) is 25.6 Å². The summed E-state index contributed by atoms with van der Waals surface area (Å²) >= 11 is 1.37. The van der Waals surface area contributed by atoms with Crippen LogP contribution in [-0.4, -0.2) is 28.9 Å². The molecule has 7 nitrogen and oxygen atoms in total. The second-order valence-corrected chi connectivity index (χ2v) is 8.64. The molecule has 0 radical (unpaired) electrons. The highest BCUT2D eigenvalue weighted by Crippen LogP contribution is 2.32. The van der Waals surface area contributed by atoms with E-state index in [1.807, 2.05) is 12.3 Å². The Morgan fingerprint density at radius 2 is 1.91 bits per heavy atom. The average molecular weight is 475 g/mol. The number of anilines is 2. The predicted octanol–water partition coefficient (Wildman–Crippen LogP) is 5.76. The van der Waals surface area contributed by atoms with Crippen molar-refractivity contribution >= 4 is 55.6 Å². The van der Waals surface area contributed by atoms with Crippen LogP contribution in [0.4, 0.5) is 15.8 Å². The fourth-order valence-electron chi connectivity index (χ4n) is 3.66. The van der Waals surface area contributed by atoms with Gasteiger partial charge in [0.2, 0.25) is 0 Å². The number of rotatable bonds is 6. The summed E-state index contributed by atoms with van der Waals surface area (Å²) in [5.41, 5.74) is 2.40. The zero-order valence-corrected chi connectivity index (χ0v) is 18.8. The second-order valence-electron chi connectivity index (χ2n) is 7.59. The van der Waals surface area contributed by atoms with E-state index in [1.165, 1.54) is 18.4 Å². The lowest BCUT2D eigenvalue weighted by molar-refractivity contribution is 0.101. The first kappa shape index (κ1) is 21.6. The van der Waals surface area contributed by atoms with E-state index in [9.17, 15) is 14.0 Å². The van der Waals surface area contributed by atoms with Gasteiger partial charge in [0, 0.05) is 50.9 Å². The average Bonchev–Trinajstić information content (AvgIpc) is 3.50. The standard InChI is InChI=1S/C25H19FN4O3S/c1-33-19-9-15(24(31)29-17-4-2-3-14(7-17)12-26)8-18(11-19)30-25(32)21-10-16-13-28-23-20(5-6-27-23)22(16)34-21/h2-11,13H,12H2,1H3,(H,27,28)(H,29,31)(H,30,32). The van der Waals surface area contributed by atoms with Gasteiger partial charge in [0.05, 0.1) is 12.0 Å². The quantitative estimate of drug-likeness (QED) is 0.292. The molecule has 0 aliphatic rings. The van der Waals surface area contributed by atoms with Crippen molar-refractivity contribution in [3.8, 4) is 5.75 Å². The molecule has 9 heteroatoms. The molecule has 0 aliphatic heterocycles. The van der Waals surface area contributed by atoms with Gasteiger partial charge in [-0.15, -0.1) is 11.3 Å². The summed E-state index contributed by atoms with van der Waals surface area (Å²) in [5, 5.41) is 7.43. The normalized spacial score (nSPS) is 11.0. The molecule has 34 heavy (non-hydrogen) atoms. The number of thiophene rings is 1. The topological polar surface area (TPSA) is 96.1 Å². The van der Waals surface area contributed by atoms with E-state index in [-0.39, 0.29) is 11.5 Å². The molecule has 2 amide bonds. The number of ether oxygens (including phenoxy) is 1. The molecule has 0 fully saturated rings. The Morgan fingerprint density at radius 1 is 1.06 bits per heavy atom. The van der Waals surface area contributed by atoms with Crippen molar-refractivity contribution in [1.82, 2.24) is 9.97 Å². The number of alkyl halides is 1. The van der Waals surface area contributed by atoms with Crippen LogP contribution >= 0.6 is 11.3 Å². The Bertz CT molecular complexity index is 1540. The van der Waals surface area contributed by atoms with Crippen LogP contribution in [0.5, 0.6) is 5.75 Å². The van der Waals surface area contributed by atoms with Gasteiger partial charge in [0.25, 0.3) is 11.8 Å². The summed E-state index contributed by atoms with van der Waals surface area (Å²) in [5.74, 6) is -0.302. The lowest BCUT2D eigenvalue weighted by Gasteiger charge is -2.11. The molecule has 3 N–H and O–H groups in total. The van der Waals surface area contributed by atoms with E-state index in [0.717, 1.165) is 21.1 Å². The fourth-order valence-corrected chi connectivity index (χ4v) is 4.71. The number of fused-ring (bicyclic) bond motifs is 3. The van der Waals surface area contributed by atoms with Crippen LogP contribution in [0, 0.1) is 0 Å². The zero-order chi connectivity index (χ0) is 23.7. The minimum absolute atomic E-state index is 0.287. The number of methoxy groups -OCH3 is 1. The minimum atomic E-state index is -0.623. The number of hydrogen-bond acceptors (Lipinski definition) is 5. The van der Waals surface area contributed by atoms with Gasteiger partial charge in [-0.1, -0.05) is 12.1 Å². The van der Waals surface area contributed by atoms with E-state index in [2.05, 4.69) is 20.6 Å². The summed E-state index contributed by atoms with van der Waals surface area (Å²) < 4.78 is 19.2. The smallest absolute Gasteiger partial charge is 0.265 e. The molecule has 3 heterocycles. The van der Waals surface area contributed by atoms with Gasteiger partial charge >= 0.3 is 0 Å². The van der Waals surface area contributed by atoms with Crippen molar-refractivity contribution < 1.29 is 18.7 Å². The first-order valence-corrected chi connectivity index (χ1v) is 11.2. The molecule has 0 bridgehead atoms. The van der Waals surface area contributed by atoms with Gasteiger partial charge in [0.15, 0.2) is 0 Å². The molecule has 0 spiro atoms. The molecular weight excluding hydrogens is 455 g/mol. The number of halogens is 1. The Balaban J connectivity index is 1.40. The lowest BCUT2D eigenvalue weighted by Crippen LogP contribution is -2.14. The summed E-state index contributed by atoms with van der Waals surface area (Å²) in [6.07, 6.45) is 3.54. The van der Waals surface area contributed by atoms with Gasteiger partial charge in [-0.25, -0.2) is 9.37 Å². The third-order valence-electron chi connectivity index (χ3n) is 5.29. The third kappa shape index (κ3) is 4.20. The predicted molar refractivity (Wildman–Crippen MR) is 132 cm³/mol. The van der Waals surface area contributed by atoms with Crippen LogP contribution in [0.2, 0.25) is 0 Å². The Hall–Kier alpha value is -4.24. The summed E-state index contributed by atoms with van der Waals surface area (Å²) in [4.78, 5) is 33.8. The van der Waals surface area contributed by atoms with Gasteiger partial charge in [0.1, 0.15) is 18.1 Å². The molecule has 3 aromatic heterocycles. The largest absolute Gasteiger partial charge is 0.497 e. The number of pyridine rings is 1. The Morgan fingerprint density at radius 3 is 2.74 bits per heavy atom. The fraction of sp³-hybridized carbons (Fsp3) is 0.0800. The van der Waals surface area contributed by atoms with Crippen LogP contribution in [0.25, 0.3) is 21.1 Å². The molecule has 5 rings (SSSR count). The highest BCUT2D eigenvalue weighted by Gasteiger charge is 2.16. The molecule has 170 valence electrons. The number of H-pyrrole nitrogens is 1. The SMILES string of the molecule is COc1cc(NC(=O)c2cc3cnc4[nH]ccc4c3s2)cc(C(=O)Nc2cccc(CF)c2)c1. The molecule has 5 aromatic rings. The van der Waals surface area contributed by atoms with Crippen molar-refractivity contribution in [2.75, 3.05) is 17.7 Å². The molecule has 0 saturated heterocycles. The first-order chi connectivity index (χ1) is 16.5. The first-order valence-electron chi connectivity index (χ1n) is 10.4. The Kier molecular flexibility index (Phi) is 5.69. The number of benzene rings is 2. The van der Waals surface area contributed by atoms with Crippen molar-refractivity contribution in [2.45, 2.75) is 6.67 Å². The number of nitrogens with zero attached hydrogens (tertiary/aromatic N) is 1. The molecule has 0 atom stereocenters. The number of aromatic nitrogens is 2. The van der Waals surface area contributed by atoms with E-state index in [4.69, 9.17) is 4.74 Å². The third-order valence-corrected chi connectivity index (χ3v) is 6.47. The summed E-state index contributed by atoms with van der Waals surface area (Å²) in [6, 6.07) is 15.0. The second kappa shape index (κ2) is 8.95. The maximum Gasteiger partial charge on any atom is 0.265 e. The maximum atomic E-state index is 13.0. The molecule has 0 saturated carbocycles. The molecular formula is C25H19FN4O3S. The van der Waals surface area contributed by atoms with Gasteiger partial charge < -0.3 is 20.4 Å². The van der Waals surface area contributed by atoms with Crippen molar-refractivity contribution in [2.24, 2.45) is 0 Å². The van der Waals surface area contributed by atoms with Crippen molar-refractivity contribution in [3.05, 3.63) is 83.0 Å². The van der Waals surface area contributed by atoms with Gasteiger partial charge in [-0.3, -0.25) is 9.59 Å². The van der Waals surface area contributed by atoms with Gasteiger partial charge in [-0.2, -0.15) is 0 Å². The molecule has 0 aliphatic carbocycles. The van der Waals surface area contributed by atoms with Crippen LogP contribution < -0.4 is 15.4 Å². The number of nitrogens with one attached hydrogen (secondary N) is 3. The van der Waals surface area contributed by atoms with Crippen molar-refractivity contribution in [1.29, 1.82) is 0 Å². The van der Waals surface area contributed by atoms with E-state index in [1.54, 1.807) is 54.7 Å². The minimum Gasteiger partial charge on any atom is -0.497 e. The highest BCUT2D eigenvalue weighted by molar-refractivity contribution is 7.21. The van der Waals surface area contributed by atoms with E-state index in [0.29, 0.717) is 27.6 Å². The van der Waals surface area contributed by atoms with E-state index >= 15 is 0 Å². The number of carbonyl (C=O) groups is 2. The molecule has 2 aromatic carbocycles. The number of hydrogen-bond donors (Lipinski definition) is 3. The lowest BCUT2D eigenvalue weighted by atomic mass is 10.1. The van der Waals surface area contributed by atoms with Crippen molar-refractivity contribution in [3.63, 3.8) is 0 Å². The molecule has 0 unspecified atom stereocenters. The van der Waals surface area contributed by atoms with Gasteiger partial charge in [-0.05, 0) is 42.0 Å².